The molecule has 1 aliphatic heterocycles. The monoisotopic (exact) mass is 495 g/mol. The van der Waals surface area contributed by atoms with Gasteiger partial charge in [0.05, 0.1) is 11.4 Å². The minimum absolute atomic E-state index is 0.0741. The molecule has 37 heavy (non-hydrogen) atoms. The summed E-state index contributed by atoms with van der Waals surface area (Å²) in [4.78, 5) is 7.32. The minimum Gasteiger partial charge on any atom is -0.310 e. The zero-order valence-corrected chi connectivity index (χ0v) is 21.5. The molecule has 1 aromatic heterocycles. The van der Waals surface area contributed by atoms with Crippen molar-refractivity contribution in [2.45, 2.75) is 19.3 Å². The number of hydrogen-bond acceptors (Lipinski definition) is 4. The lowest BCUT2D eigenvalue weighted by Crippen LogP contribution is -2.30. The first kappa shape index (κ1) is 22.0. The first-order chi connectivity index (χ1) is 18.1. The summed E-state index contributed by atoms with van der Waals surface area (Å²) < 4.78 is 4.72. The fraction of sp³-hybridized carbons (Fsp3) is 0.0909. The standard InChI is InChI=1S/C33H25N3S/c1-33(2)27-14-5-7-16-29(27)36(30-17-8-6-15-28(30)33)26-13-9-12-25(21-26)32-34-31(35-37-32)24-19-18-22-10-3-4-11-23(22)20-24/h3-21H,1-2H3. The molecule has 0 saturated carbocycles. The van der Waals surface area contributed by atoms with Crippen LogP contribution in [0.3, 0.4) is 0 Å². The Kier molecular flexibility index (Phi) is 4.98. The van der Waals surface area contributed by atoms with Crippen molar-refractivity contribution < 1.29 is 0 Å². The van der Waals surface area contributed by atoms with E-state index < -0.39 is 0 Å². The molecular weight excluding hydrogens is 470 g/mol. The summed E-state index contributed by atoms with van der Waals surface area (Å²) in [6.45, 7) is 4.63. The van der Waals surface area contributed by atoms with Gasteiger partial charge >= 0.3 is 0 Å². The Hall–Kier alpha value is -4.28. The van der Waals surface area contributed by atoms with Crippen LogP contribution in [-0.2, 0) is 5.41 Å². The number of nitrogens with zero attached hydrogens (tertiary/aromatic N) is 3. The number of para-hydroxylation sites is 2. The minimum atomic E-state index is -0.0741. The Labute approximate surface area is 220 Å². The quantitative estimate of drug-likeness (QED) is 0.245. The zero-order chi connectivity index (χ0) is 25.0. The highest BCUT2D eigenvalue weighted by Crippen LogP contribution is 2.51. The second-order valence-corrected chi connectivity index (χ2v) is 10.8. The van der Waals surface area contributed by atoms with Crippen molar-refractivity contribution >= 4 is 39.4 Å². The zero-order valence-electron chi connectivity index (χ0n) is 20.7. The van der Waals surface area contributed by atoms with E-state index in [1.54, 1.807) is 0 Å². The Morgan fingerprint density at radius 2 is 1.30 bits per heavy atom. The van der Waals surface area contributed by atoms with Crippen molar-refractivity contribution in [3.05, 3.63) is 126 Å². The van der Waals surface area contributed by atoms with Crippen molar-refractivity contribution in [2.24, 2.45) is 0 Å². The molecular formula is C33H25N3S. The van der Waals surface area contributed by atoms with Crippen LogP contribution < -0.4 is 4.90 Å². The molecule has 5 aromatic carbocycles. The molecule has 0 spiro atoms. The molecule has 2 heterocycles. The average molecular weight is 496 g/mol. The Bertz CT molecular complexity index is 1730. The number of anilines is 3. The fourth-order valence-electron chi connectivity index (χ4n) is 5.51. The predicted molar refractivity (Wildman–Crippen MR) is 155 cm³/mol. The number of fused-ring (bicyclic) bond motifs is 3. The van der Waals surface area contributed by atoms with Gasteiger partial charge in [0.15, 0.2) is 5.82 Å². The molecule has 0 bridgehead atoms. The van der Waals surface area contributed by atoms with Gasteiger partial charge in [0, 0.05) is 22.2 Å². The second-order valence-electron chi connectivity index (χ2n) is 10.0. The van der Waals surface area contributed by atoms with E-state index in [2.05, 4.69) is 134 Å². The molecule has 0 atom stereocenters. The average Bonchev–Trinajstić information content (AvgIpc) is 3.44. The van der Waals surface area contributed by atoms with E-state index >= 15 is 0 Å². The highest BCUT2D eigenvalue weighted by Gasteiger charge is 2.36. The van der Waals surface area contributed by atoms with E-state index in [-0.39, 0.29) is 5.41 Å². The molecule has 1 aliphatic rings. The van der Waals surface area contributed by atoms with Crippen molar-refractivity contribution in [1.82, 2.24) is 9.36 Å². The first-order valence-electron chi connectivity index (χ1n) is 12.5. The Morgan fingerprint density at radius 1 is 0.622 bits per heavy atom. The van der Waals surface area contributed by atoms with E-state index in [1.165, 1.54) is 44.8 Å². The van der Waals surface area contributed by atoms with Crippen LogP contribution in [0.2, 0.25) is 0 Å². The second kappa shape index (κ2) is 8.39. The van der Waals surface area contributed by atoms with Gasteiger partial charge in [-0.05, 0) is 63.8 Å². The van der Waals surface area contributed by atoms with E-state index in [0.717, 1.165) is 27.6 Å². The molecule has 6 aromatic rings. The summed E-state index contributed by atoms with van der Waals surface area (Å²) in [6, 6.07) is 40.9. The van der Waals surface area contributed by atoms with Crippen LogP contribution in [0.4, 0.5) is 17.1 Å². The summed E-state index contributed by atoms with van der Waals surface area (Å²) in [7, 11) is 0. The maximum Gasteiger partial charge on any atom is 0.173 e. The normalized spacial score (nSPS) is 13.8. The molecule has 0 unspecified atom stereocenters. The van der Waals surface area contributed by atoms with Gasteiger partial charge in [-0.15, -0.1) is 0 Å². The largest absolute Gasteiger partial charge is 0.310 e. The SMILES string of the molecule is CC1(C)c2ccccc2N(c2cccc(-c3nc(-c4ccc5ccccc5c4)ns3)c2)c2ccccc21. The van der Waals surface area contributed by atoms with Gasteiger partial charge in [0.1, 0.15) is 5.01 Å². The summed E-state index contributed by atoms with van der Waals surface area (Å²) >= 11 is 1.45. The highest BCUT2D eigenvalue weighted by molar-refractivity contribution is 7.09. The third kappa shape index (κ3) is 3.56. The maximum atomic E-state index is 4.94. The van der Waals surface area contributed by atoms with E-state index in [9.17, 15) is 0 Å². The highest BCUT2D eigenvalue weighted by atomic mass is 32.1. The van der Waals surface area contributed by atoms with Gasteiger partial charge in [-0.1, -0.05) is 98.8 Å². The summed E-state index contributed by atoms with van der Waals surface area (Å²) in [5.74, 6) is 0.770. The lowest BCUT2D eigenvalue weighted by molar-refractivity contribution is 0.632. The van der Waals surface area contributed by atoms with E-state index in [1.807, 2.05) is 0 Å². The van der Waals surface area contributed by atoms with Crippen LogP contribution in [0.5, 0.6) is 0 Å². The van der Waals surface area contributed by atoms with Gasteiger partial charge in [-0.3, -0.25) is 0 Å². The van der Waals surface area contributed by atoms with Crippen LogP contribution in [-0.4, -0.2) is 9.36 Å². The summed E-state index contributed by atoms with van der Waals surface area (Å²) in [5.41, 5.74) is 8.25. The smallest absolute Gasteiger partial charge is 0.173 e. The maximum absolute atomic E-state index is 4.94. The number of benzene rings is 5. The van der Waals surface area contributed by atoms with Gasteiger partial charge in [-0.25, -0.2) is 4.98 Å². The third-order valence-corrected chi connectivity index (χ3v) is 8.19. The van der Waals surface area contributed by atoms with Crippen LogP contribution in [0.25, 0.3) is 32.7 Å². The van der Waals surface area contributed by atoms with Crippen molar-refractivity contribution in [1.29, 1.82) is 0 Å². The first-order valence-corrected chi connectivity index (χ1v) is 13.3. The number of rotatable bonds is 3. The molecule has 0 amide bonds. The molecule has 178 valence electrons. The molecule has 0 radical (unpaired) electrons. The van der Waals surface area contributed by atoms with Gasteiger partial charge in [-0.2, -0.15) is 4.37 Å². The van der Waals surface area contributed by atoms with E-state index in [0.29, 0.717) is 0 Å². The summed E-state index contributed by atoms with van der Waals surface area (Å²) in [5, 5.41) is 3.34. The van der Waals surface area contributed by atoms with Crippen molar-refractivity contribution in [2.75, 3.05) is 4.90 Å². The lowest BCUT2D eigenvalue weighted by atomic mass is 9.73. The lowest BCUT2D eigenvalue weighted by Gasteiger charge is -2.42. The topological polar surface area (TPSA) is 29.0 Å². The molecule has 7 rings (SSSR count). The number of hydrogen-bond donors (Lipinski definition) is 0. The Balaban J connectivity index is 1.31. The molecule has 4 heteroatoms. The van der Waals surface area contributed by atoms with Gasteiger partial charge in [0.25, 0.3) is 0 Å². The molecule has 0 N–H and O–H groups in total. The fourth-order valence-corrected chi connectivity index (χ4v) is 6.19. The van der Waals surface area contributed by atoms with Crippen LogP contribution in [0.15, 0.2) is 115 Å². The van der Waals surface area contributed by atoms with E-state index in [4.69, 9.17) is 9.36 Å². The molecule has 0 fully saturated rings. The molecule has 0 saturated heterocycles. The molecule has 3 nitrogen and oxygen atoms in total. The number of aromatic nitrogens is 2. The summed E-state index contributed by atoms with van der Waals surface area (Å²) in [6.07, 6.45) is 0. The van der Waals surface area contributed by atoms with Gasteiger partial charge in [0.2, 0.25) is 0 Å². The third-order valence-electron chi connectivity index (χ3n) is 7.42. The van der Waals surface area contributed by atoms with Crippen molar-refractivity contribution in [3.8, 4) is 22.0 Å². The van der Waals surface area contributed by atoms with Crippen molar-refractivity contribution in [3.63, 3.8) is 0 Å². The predicted octanol–water partition coefficient (Wildman–Crippen LogP) is 9.13. The van der Waals surface area contributed by atoms with Gasteiger partial charge < -0.3 is 4.90 Å². The van der Waals surface area contributed by atoms with Crippen LogP contribution >= 0.6 is 11.5 Å². The van der Waals surface area contributed by atoms with Crippen LogP contribution in [0.1, 0.15) is 25.0 Å². The Morgan fingerprint density at radius 3 is 2.05 bits per heavy atom. The van der Waals surface area contributed by atoms with Crippen LogP contribution in [0, 0.1) is 0 Å². The molecule has 0 aliphatic carbocycles.